The third-order valence-electron chi connectivity index (χ3n) is 4.15. The number of carbonyl (C=O) groups is 1. The van der Waals surface area contributed by atoms with Crippen LogP contribution >= 0.6 is 11.8 Å². The summed E-state index contributed by atoms with van der Waals surface area (Å²) in [6.45, 7) is 0. The molecule has 1 aromatic heterocycles. The molecule has 20 heavy (non-hydrogen) atoms. The first-order valence-corrected chi connectivity index (χ1v) is 8.53. The van der Waals surface area contributed by atoms with E-state index in [0.29, 0.717) is 12.0 Å². The summed E-state index contributed by atoms with van der Waals surface area (Å²) in [5, 5.41) is 18.3. The summed E-state index contributed by atoms with van der Waals surface area (Å²) < 4.78 is 2.27. The number of carboxylic acids is 1. The van der Waals surface area contributed by atoms with Crippen molar-refractivity contribution in [3.05, 3.63) is 5.82 Å². The van der Waals surface area contributed by atoms with Crippen molar-refractivity contribution in [3.8, 4) is 0 Å². The Bertz CT molecular complexity index is 477. The molecule has 0 saturated heterocycles. The van der Waals surface area contributed by atoms with Gasteiger partial charge in [0.2, 0.25) is 0 Å². The van der Waals surface area contributed by atoms with Gasteiger partial charge in [-0.3, -0.25) is 4.79 Å². The Balaban J connectivity index is 1.83. The van der Waals surface area contributed by atoms with Crippen LogP contribution in [0.1, 0.15) is 69.2 Å². The fourth-order valence-electron chi connectivity index (χ4n) is 2.99. The summed E-state index contributed by atoms with van der Waals surface area (Å²) in [5.41, 5.74) is 0. The fourth-order valence-corrected chi connectivity index (χ4v) is 3.73. The lowest BCUT2D eigenvalue weighted by Gasteiger charge is -2.20. The maximum absolute atomic E-state index is 10.8. The van der Waals surface area contributed by atoms with Gasteiger partial charge in [0.25, 0.3) is 0 Å². The van der Waals surface area contributed by atoms with Crippen molar-refractivity contribution < 1.29 is 9.90 Å². The molecule has 0 spiro atoms. The number of hydrogen-bond donors (Lipinski definition) is 1. The summed E-state index contributed by atoms with van der Waals surface area (Å²) >= 11 is 1.31. The highest BCUT2D eigenvalue weighted by atomic mass is 32.2. The van der Waals surface area contributed by atoms with E-state index in [2.05, 4.69) is 14.8 Å². The predicted octanol–water partition coefficient (Wildman–Crippen LogP) is 3.23. The number of nitrogens with zero attached hydrogens (tertiary/aromatic N) is 3. The SMILES string of the molecule is O=C(O)CSc1nnc(C2CC2)n1C1CCCCCC1. The van der Waals surface area contributed by atoms with Gasteiger partial charge in [-0.2, -0.15) is 0 Å². The number of carboxylic acid groups (broad SMARTS) is 1. The molecular weight excluding hydrogens is 274 g/mol. The topological polar surface area (TPSA) is 68.0 Å². The lowest BCUT2D eigenvalue weighted by Crippen LogP contribution is -2.13. The van der Waals surface area contributed by atoms with Crippen molar-refractivity contribution in [2.24, 2.45) is 0 Å². The van der Waals surface area contributed by atoms with Crippen molar-refractivity contribution in [3.63, 3.8) is 0 Å². The minimum Gasteiger partial charge on any atom is -0.481 e. The van der Waals surface area contributed by atoms with Crippen molar-refractivity contribution in [2.75, 3.05) is 5.75 Å². The first-order valence-electron chi connectivity index (χ1n) is 7.55. The van der Waals surface area contributed by atoms with Gasteiger partial charge in [0.15, 0.2) is 5.16 Å². The summed E-state index contributed by atoms with van der Waals surface area (Å²) in [4.78, 5) is 10.8. The fraction of sp³-hybridized carbons (Fsp3) is 0.786. The minimum atomic E-state index is -0.793. The third kappa shape index (κ3) is 3.16. The summed E-state index contributed by atoms with van der Waals surface area (Å²) in [7, 11) is 0. The van der Waals surface area contributed by atoms with Crippen molar-refractivity contribution >= 4 is 17.7 Å². The van der Waals surface area contributed by atoms with Crippen LogP contribution in [0.15, 0.2) is 5.16 Å². The van der Waals surface area contributed by atoms with Gasteiger partial charge < -0.3 is 9.67 Å². The molecule has 1 heterocycles. The molecule has 2 aliphatic rings. The van der Waals surface area contributed by atoms with E-state index in [9.17, 15) is 4.79 Å². The molecule has 110 valence electrons. The third-order valence-corrected chi connectivity index (χ3v) is 5.08. The summed E-state index contributed by atoms with van der Waals surface area (Å²) in [6.07, 6.45) is 9.91. The second-order valence-electron chi connectivity index (χ2n) is 5.81. The van der Waals surface area contributed by atoms with Crippen LogP contribution in [0.3, 0.4) is 0 Å². The van der Waals surface area contributed by atoms with Crippen LogP contribution in [-0.4, -0.2) is 31.6 Å². The molecule has 0 amide bonds. The van der Waals surface area contributed by atoms with Crippen LogP contribution in [0, 0.1) is 0 Å². The molecule has 2 aliphatic carbocycles. The van der Waals surface area contributed by atoms with E-state index in [-0.39, 0.29) is 5.75 Å². The number of hydrogen-bond acceptors (Lipinski definition) is 4. The van der Waals surface area contributed by atoms with Crippen LogP contribution < -0.4 is 0 Å². The monoisotopic (exact) mass is 295 g/mol. The van der Waals surface area contributed by atoms with Gasteiger partial charge in [-0.1, -0.05) is 37.4 Å². The van der Waals surface area contributed by atoms with E-state index in [1.54, 1.807) is 0 Å². The lowest BCUT2D eigenvalue weighted by molar-refractivity contribution is -0.133. The van der Waals surface area contributed by atoms with Crippen molar-refractivity contribution in [1.29, 1.82) is 0 Å². The van der Waals surface area contributed by atoms with Gasteiger partial charge in [-0.25, -0.2) is 0 Å². The van der Waals surface area contributed by atoms with Crippen LogP contribution in [-0.2, 0) is 4.79 Å². The van der Waals surface area contributed by atoms with Gasteiger partial charge in [0, 0.05) is 12.0 Å². The number of aromatic nitrogens is 3. The summed E-state index contributed by atoms with van der Waals surface area (Å²) in [6, 6.07) is 0.472. The average Bonchev–Trinajstić information content (AvgIpc) is 3.22. The Morgan fingerprint density at radius 3 is 2.45 bits per heavy atom. The molecule has 6 heteroatoms. The van der Waals surface area contributed by atoms with Crippen LogP contribution in [0.4, 0.5) is 0 Å². The molecule has 0 aliphatic heterocycles. The average molecular weight is 295 g/mol. The van der Waals surface area contributed by atoms with E-state index in [1.165, 1.54) is 63.1 Å². The molecule has 0 atom stereocenters. The van der Waals surface area contributed by atoms with E-state index >= 15 is 0 Å². The Kier molecular flexibility index (Phi) is 4.29. The smallest absolute Gasteiger partial charge is 0.313 e. The predicted molar refractivity (Wildman–Crippen MR) is 77.1 cm³/mol. The van der Waals surface area contributed by atoms with Crippen molar-refractivity contribution in [2.45, 2.75) is 68.5 Å². The van der Waals surface area contributed by atoms with E-state index in [1.807, 2.05) is 0 Å². The maximum atomic E-state index is 10.8. The van der Waals surface area contributed by atoms with E-state index in [0.717, 1.165) is 11.0 Å². The molecule has 1 aromatic rings. The van der Waals surface area contributed by atoms with Crippen LogP contribution in [0.5, 0.6) is 0 Å². The second kappa shape index (κ2) is 6.16. The first kappa shape index (κ1) is 13.9. The zero-order valence-electron chi connectivity index (χ0n) is 11.6. The zero-order chi connectivity index (χ0) is 13.9. The van der Waals surface area contributed by atoms with E-state index < -0.39 is 5.97 Å². The molecule has 0 radical (unpaired) electrons. The highest BCUT2D eigenvalue weighted by Gasteiger charge is 2.33. The molecular formula is C14H21N3O2S. The lowest BCUT2D eigenvalue weighted by atomic mass is 10.1. The molecule has 3 rings (SSSR count). The second-order valence-corrected chi connectivity index (χ2v) is 6.76. The number of thioether (sulfide) groups is 1. The highest BCUT2D eigenvalue weighted by Crippen LogP contribution is 2.42. The number of aliphatic carboxylic acids is 1. The van der Waals surface area contributed by atoms with Crippen molar-refractivity contribution in [1.82, 2.24) is 14.8 Å². The Labute approximate surface area is 123 Å². The maximum Gasteiger partial charge on any atom is 0.313 e. The molecule has 5 nitrogen and oxygen atoms in total. The largest absolute Gasteiger partial charge is 0.481 e. The number of rotatable bonds is 5. The summed E-state index contributed by atoms with van der Waals surface area (Å²) in [5.74, 6) is 0.934. The molecule has 1 N–H and O–H groups in total. The Morgan fingerprint density at radius 1 is 1.15 bits per heavy atom. The molecule has 0 aromatic carbocycles. The standard InChI is InChI=1S/C14H21N3O2S/c18-12(19)9-20-14-16-15-13(10-7-8-10)17(14)11-5-3-1-2-4-6-11/h10-11H,1-9H2,(H,18,19). The molecule has 2 saturated carbocycles. The quantitative estimate of drug-likeness (QED) is 0.667. The first-order chi connectivity index (χ1) is 9.75. The van der Waals surface area contributed by atoms with Gasteiger partial charge >= 0.3 is 5.97 Å². The zero-order valence-corrected chi connectivity index (χ0v) is 12.4. The minimum absolute atomic E-state index is 0.0650. The highest BCUT2D eigenvalue weighted by molar-refractivity contribution is 7.99. The molecule has 2 fully saturated rings. The normalized spacial score (nSPS) is 20.8. The molecule has 0 unspecified atom stereocenters. The molecule has 0 bridgehead atoms. The van der Waals surface area contributed by atoms with Gasteiger partial charge in [0.1, 0.15) is 5.82 Å². The van der Waals surface area contributed by atoms with Crippen LogP contribution in [0.25, 0.3) is 0 Å². The van der Waals surface area contributed by atoms with E-state index in [4.69, 9.17) is 5.11 Å². The van der Waals surface area contributed by atoms with Gasteiger partial charge in [0.05, 0.1) is 5.75 Å². The van der Waals surface area contributed by atoms with Gasteiger partial charge in [-0.05, 0) is 25.7 Å². The van der Waals surface area contributed by atoms with Crippen LogP contribution in [0.2, 0.25) is 0 Å². The Morgan fingerprint density at radius 2 is 1.85 bits per heavy atom. The van der Waals surface area contributed by atoms with Gasteiger partial charge in [-0.15, -0.1) is 10.2 Å². The Hall–Kier alpha value is -1.04.